The summed E-state index contributed by atoms with van der Waals surface area (Å²) in [7, 11) is 0. The summed E-state index contributed by atoms with van der Waals surface area (Å²) >= 11 is 0. The summed E-state index contributed by atoms with van der Waals surface area (Å²) in [6, 6.07) is 19.8. The first-order chi connectivity index (χ1) is 9.38. The summed E-state index contributed by atoms with van der Waals surface area (Å²) in [6.45, 7) is 0.898. The predicted molar refractivity (Wildman–Crippen MR) is 75.1 cm³/mol. The van der Waals surface area contributed by atoms with Gasteiger partial charge in [-0.15, -0.1) is 6.42 Å². The molecule has 0 aliphatic rings. The van der Waals surface area contributed by atoms with E-state index < -0.39 is 6.29 Å². The smallest absolute Gasteiger partial charge is 0.222 e. The molecule has 19 heavy (non-hydrogen) atoms. The number of ether oxygens (including phenoxy) is 2. The standard InChI is InChI=1S/C17H16O2/c1-2-17(18-13-15-9-5-3-6-10-15)19-14-16-11-7-4-8-12-16/h1,3-12,17H,13-14H2. The first kappa shape index (κ1) is 13.4. The van der Waals surface area contributed by atoms with Crippen molar-refractivity contribution in [1.82, 2.24) is 0 Å². The molecule has 0 N–H and O–H groups in total. The first-order valence-corrected chi connectivity index (χ1v) is 6.15. The van der Waals surface area contributed by atoms with Crippen LogP contribution in [0.3, 0.4) is 0 Å². The minimum atomic E-state index is -0.625. The molecule has 0 saturated heterocycles. The number of rotatable bonds is 6. The maximum absolute atomic E-state index is 5.54. The number of terminal acetylenes is 1. The van der Waals surface area contributed by atoms with E-state index in [1.807, 2.05) is 60.7 Å². The van der Waals surface area contributed by atoms with Gasteiger partial charge in [-0.05, 0) is 17.0 Å². The van der Waals surface area contributed by atoms with Crippen LogP contribution < -0.4 is 0 Å². The van der Waals surface area contributed by atoms with Crippen LogP contribution in [0.4, 0.5) is 0 Å². The maximum atomic E-state index is 5.54. The van der Waals surface area contributed by atoms with Crippen molar-refractivity contribution in [2.24, 2.45) is 0 Å². The zero-order valence-electron chi connectivity index (χ0n) is 10.7. The van der Waals surface area contributed by atoms with Gasteiger partial charge in [0, 0.05) is 0 Å². The molecule has 0 atom stereocenters. The van der Waals surface area contributed by atoms with Gasteiger partial charge in [-0.2, -0.15) is 0 Å². The number of benzene rings is 2. The molecular weight excluding hydrogens is 236 g/mol. The van der Waals surface area contributed by atoms with Gasteiger partial charge in [0.25, 0.3) is 0 Å². The molecule has 0 amide bonds. The molecule has 0 saturated carbocycles. The van der Waals surface area contributed by atoms with Crippen LogP contribution in [0.5, 0.6) is 0 Å². The SMILES string of the molecule is C#CC(OCc1ccccc1)OCc1ccccc1. The van der Waals surface area contributed by atoms with E-state index in [-0.39, 0.29) is 0 Å². The van der Waals surface area contributed by atoms with Gasteiger partial charge in [-0.1, -0.05) is 60.7 Å². The predicted octanol–water partition coefficient (Wildman–Crippen LogP) is 3.38. The second kappa shape index (κ2) is 7.38. The van der Waals surface area contributed by atoms with Gasteiger partial charge in [0.1, 0.15) is 0 Å². The molecule has 0 unspecified atom stereocenters. The minimum Gasteiger partial charge on any atom is -0.337 e. The topological polar surface area (TPSA) is 18.5 Å². The van der Waals surface area contributed by atoms with Gasteiger partial charge in [0.05, 0.1) is 13.2 Å². The lowest BCUT2D eigenvalue weighted by Gasteiger charge is -2.13. The van der Waals surface area contributed by atoms with Gasteiger partial charge < -0.3 is 9.47 Å². The van der Waals surface area contributed by atoms with E-state index in [0.29, 0.717) is 13.2 Å². The molecule has 0 aliphatic carbocycles. The van der Waals surface area contributed by atoms with Crippen LogP contribution in [0.2, 0.25) is 0 Å². The highest BCUT2D eigenvalue weighted by atomic mass is 16.7. The Morgan fingerprint density at radius 2 is 1.21 bits per heavy atom. The van der Waals surface area contributed by atoms with Crippen molar-refractivity contribution in [3.05, 3.63) is 71.8 Å². The van der Waals surface area contributed by atoms with Crippen molar-refractivity contribution in [2.45, 2.75) is 19.5 Å². The van der Waals surface area contributed by atoms with Crippen LogP contribution in [0.15, 0.2) is 60.7 Å². The van der Waals surface area contributed by atoms with Gasteiger partial charge in [0.2, 0.25) is 6.29 Å². The van der Waals surface area contributed by atoms with E-state index >= 15 is 0 Å². The molecule has 2 heteroatoms. The highest BCUT2D eigenvalue weighted by Gasteiger charge is 2.05. The Morgan fingerprint density at radius 3 is 1.58 bits per heavy atom. The molecule has 2 aromatic carbocycles. The van der Waals surface area contributed by atoms with Gasteiger partial charge in [-0.3, -0.25) is 0 Å². The van der Waals surface area contributed by atoms with Crippen LogP contribution in [0, 0.1) is 12.3 Å². The molecule has 2 aromatic rings. The zero-order valence-corrected chi connectivity index (χ0v) is 10.7. The summed E-state index contributed by atoms with van der Waals surface area (Å²) in [5.41, 5.74) is 2.15. The fraction of sp³-hybridized carbons (Fsp3) is 0.176. The van der Waals surface area contributed by atoms with Crippen molar-refractivity contribution >= 4 is 0 Å². The van der Waals surface area contributed by atoms with Crippen LogP contribution in [-0.4, -0.2) is 6.29 Å². The fourth-order valence-corrected chi connectivity index (χ4v) is 1.64. The molecule has 0 spiro atoms. The molecular formula is C17H16O2. The molecule has 2 rings (SSSR count). The maximum Gasteiger partial charge on any atom is 0.222 e. The van der Waals surface area contributed by atoms with Crippen molar-refractivity contribution in [1.29, 1.82) is 0 Å². The monoisotopic (exact) mass is 252 g/mol. The summed E-state index contributed by atoms with van der Waals surface area (Å²) in [4.78, 5) is 0. The fourth-order valence-electron chi connectivity index (χ4n) is 1.64. The number of hydrogen-bond donors (Lipinski definition) is 0. The first-order valence-electron chi connectivity index (χ1n) is 6.15. The second-order valence-electron chi connectivity index (χ2n) is 4.09. The molecule has 0 aromatic heterocycles. The van der Waals surface area contributed by atoms with Gasteiger partial charge in [-0.25, -0.2) is 0 Å². The summed E-state index contributed by atoms with van der Waals surface area (Å²) in [6.07, 6.45) is 4.78. The third-order valence-corrected chi connectivity index (χ3v) is 2.62. The van der Waals surface area contributed by atoms with Gasteiger partial charge in [0.15, 0.2) is 0 Å². The minimum absolute atomic E-state index is 0.449. The largest absolute Gasteiger partial charge is 0.337 e. The van der Waals surface area contributed by atoms with Crippen LogP contribution in [0.1, 0.15) is 11.1 Å². The summed E-state index contributed by atoms with van der Waals surface area (Å²) in [5.74, 6) is 2.50. The molecule has 2 nitrogen and oxygen atoms in total. The molecule has 0 radical (unpaired) electrons. The normalized spacial score (nSPS) is 10.3. The van der Waals surface area contributed by atoms with E-state index in [2.05, 4.69) is 5.92 Å². The molecule has 0 bridgehead atoms. The lowest BCUT2D eigenvalue weighted by Crippen LogP contribution is -2.14. The molecule has 0 heterocycles. The average molecular weight is 252 g/mol. The Balaban J connectivity index is 1.80. The lowest BCUT2D eigenvalue weighted by atomic mass is 10.2. The van der Waals surface area contributed by atoms with Crippen molar-refractivity contribution in [2.75, 3.05) is 0 Å². The van der Waals surface area contributed by atoms with Gasteiger partial charge >= 0.3 is 0 Å². The Bertz CT molecular complexity index is 470. The van der Waals surface area contributed by atoms with E-state index in [4.69, 9.17) is 15.9 Å². The Labute approximate surface area is 114 Å². The Kier molecular flexibility index (Phi) is 5.18. The lowest BCUT2D eigenvalue weighted by molar-refractivity contribution is -0.119. The van der Waals surface area contributed by atoms with Crippen LogP contribution >= 0.6 is 0 Å². The Hall–Kier alpha value is -2.08. The average Bonchev–Trinajstić information content (AvgIpc) is 2.49. The van der Waals surface area contributed by atoms with Crippen LogP contribution in [0.25, 0.3) is 0 Å². The van der Waals surface area contributed by atoms with Crippen molar-refractivity contribution < 1.29 is 9.47 Å². The third kappa shape index (κ3) is 4.59. The Morgan fingerprint density at radius 1 is 0.789 bits per heavy atom. The van der Waals surface area contributed by atoms with E-state index in [0.717, 1.165) is 11.1 Å². The highest BCUT2D eigenvalue weighted by molar-refractivity contribution is 5.14. The molecule has 0 aliphatic heterocycles. The second-order valence-corrected chi connectivity index (χ2v) is 4.09. The summed E-state index contributed by atoms with van der Waals surface area (Å²) < 4.78 is 11.1. The molecule has 0 fully saturated rings. The quantitative estimate of drug-likeness (QED) is 0.579. The van der Waals surface area contributed by atoms with Crippen molar-refractivity contribution in [3.8, 4) is 12.3 Å². The number of hydrogen-bond acceptors (Lipinski definition) is 2. The third-order valence-electron chi connectivity index (χ3n) is 2.62. The summed E-state index contributed by atoms with van der Waals surface area (Å²) in [5, 5.41) is 0. The zero-order chi connectivity index (χ0) is 13.3. The molecule has 96 valence electrons. The van der Waals surface area contributed by atoms with E-state index in [1.54, 1.807) is 0 Å². The highest BCUT2D eigenvalue weighted by Crippen LogP contribution is 2.07. The van der Waals surface area contributed by atoms with E-state index in [1.165, 1.54) is 0 Å². The van der Waals surface area contributed by atoms with E-state index in [9.17, 15) is 0 Å². The van der Waals surface area contributed by atoms with Crippen LogP contribution in [-0.2, 0) is 22.7 Å². The van der Waals surface area contributed by atoms with Crippen molar-refractivity contribution in [3.63, 3.8) is 0 Å².